The molecule has 0 aromatic carbocycles. The summed E-state index contributed by atoms with van der Waals surface area (Å²) in [5, 5.41) is 21.6. The minimum Gasteiger partial charge on any atom is -0.284 e. The van der Waals surface area contributed by atoms with Crippen molar-refractivity contribution in [2.45, 2.75) is 35.3 Å². The van der Waals surface area contributed by atoms with Crippen LogP contribution >= 0.6 is 11.6 Å². The molecule has 0 aromatic heterocycles. The summed E-state index contributed by atoms with van der Waals surface area (Å²) >= 11 is 6.11. The summed E-state index contributed by atoms with van der Waals surface area (Å²) < 4.78 is 0. The summed E-state index contributed by atoms with van der Waals surface area (Å²) in [7, 11) is 0. The fourth-order valence-corrected chi connectivity index (χ4v) is 4.08. The number of rotatable bonds is 2. The third-order valence-electron chi connectivity index (χ3n) is 4.27. The van der Waals surface area contributed by atoms with Gasteiger partial charge in [0.2, 0.25) is 5.54 Å². The predicted molar refractivity (Wildman–Crippen MR) is 53.7 cm³/mol. The van der Waals surface area contributed by atoms with Crippen molar-refractivity contribution in [3.63, 3.8) is 0 Å². The van der Waals surface area contributed by atoms with Crippen molar-refractivity contribution in [3.05, 3.63) is 20.2 Å². The van der Waals surface area contributed by atoms with Gasteiger partial charge in [-0.3, -0.25) is 25.1 Å². The minimum atomic E-state index is -1.31. The van der Waals surface area contributed by atoms with Gasteiger partial charge in [0.15, 0.2) is 0 Å². The van der Waals surface area contributed by atoms with E-state index >= 15 is 0 Å². The number of hydrogen-bond acceptors (Lipinski definition) is 5. The zero-order chi connectivity index (χ0) is 11.7. The van der Waals surface area contributed by atoms with E-state index in [0.717, 1.165) is 0 Å². The molecule has 0 aromatic rings. The van der Waals surface area contributed by atoms with Crippen LogP contribution in [0.1, 0.15) is 12.8 Å². The highest BCUT2D eigenvalue weighted by Gasteiger charge is 2.77. The van der Waals surface area contributed by atoms with Gasteiger partial charge >= 0.3 is 0 Å². The van der Waals surface area contributed by atoms with Gasteiger partial charge in [0.05, 0.1) is 19.5 Å². The first-order valence-corrected chi connectivity index (χ1v) is 5.52. The molecule has 7 nitrogen and oxygen atoms in total. The van der Waals surface area contributed by atoms with Crippen LogP contribution in [-0.2, 0) is 0 Å². The molecule has 4 aliphatic rings. The Balaban J connectivity index is 2.07. The van der Waals surface area contributed by atoms with Gasteiger partial charge in [-0.25, -0.2) is 0 Å². The lowest BCUT2D eigenvalue weighted by molar-refractivity contribution is -0.619. The highest BCUT2D eigenvalue weighted by Crippen LogP contribution is 2.54. The van der Waals surface area contributed by atoms with Crippen LogP contribution in [0.5, 0.6) is 0 Å². The average Bonchev–Trinajstić information content (AvgIpc) is 2.58. The Hall–Kier alpha value is -0.950. The second-order valence-corrected chi connectivity index (χ2v) is 5.57. The van der Waals surface area contributed by atoms with Gasteiger partial charge in [-0.05, 0) is 0 Å². The van der Waals surface area contributed by atoms with Crippen molar-refractivity contribution in [3.8, 4) is 0 Å². The lowest BCUT2D eigenvalue weighted by Crippen LogP contribution is -2.62. The average molecular weight is 248 g/mol. The Labute approximate surface area is 95.6 Å². The number of piperidine rings is 1. The maximum absolute atomic E-state index is 11.1. The Morgan fingerprint density at radius 3 is 2.44 bits per heavy atom. The molecule has 3 aliphatic heterocycles. The van der Waals surface area contributed by atoms with Crippen LogP contribution in [0.25, 0.3) is 0 Å². The topological polar surface area (TPSA) is 89.5 Å². The molecule has 1 aliphatic carbocycles. The lowest BCUT2D eigenvalue weighted by Gasteiger charge is -2.35. The molecule has 0 N–H and O–H groups in total. The molecular weight excluding hydrogens is 238 g/mol. The van der Waals surface area contributed by atoms with E-state index in [9.17, 15) is 20.2 Å². The minimum absolute atomic E-state index is 0.0266. The van der Waals surface area contributed by atoms with Crippen LogP contribution in [0.3, 0.4) is 0 Å². The molecule has 0 radical (unpaired) electrons. The van der Waals surface area contributed by atoms with Crippen LogP contribution in [0.2, 0.25) is 0 Å². The molecule has 3 saturated heterocycles. The van der Waals surface area contributed by atoms with Crippen molar-refractivity contribution in [1.29, 1.82) is 0 Å². The Morgan fingerprint density at radius 2 is 1.94 bits per heavy atom. The monoisotopic (exact) mass is 247 g/mol. The van der Waals surface area contributed by atoms with E-state index in [-0.39, 0.29) is 23.9 Å². The molecule has 88 valence electrons. The van der Waals surface area contributed by atoms with Crippen LogP contribution in [0.4, 0.5) is 0 Å². The second kappa shape index (κ2) is 2.65. The Bertz CT molecular complexity index is 405. The number of nitro groups is 2. The maximum Gasteiger partial charge on any atom is 0.259 e. The third kappa shape index (κ3) is 0.894. The van der Waals surface area contributed by atoms with E-state index < -0.39 is 21.4 Å². The zero-order valence-electron chi connectivity index (χ0n) is 8.34. The molecular formula is C8H10ClN3O4. The van der Waals surface area contributed by atoms with Crippen molar-refractivity contribution < 1.29 is 9.85 Å². The first-order valence-electron chi connectivity index (χ1n) is 5.08. The number of halogens is 1. The number of alkyl halides is 1. The summed E-state index contributed by atoms with van der Waals surface area (Å²) in [5.41, 5.74) is -2.45. The van der Waals surface area contributed by atoms with E-state index in [2.05, 4.69) is 0 Å². The molecule has 16 heavy (non-hydrogen) atoms. The van der Waals surface area contributed by atoms with E-state index in [1.807, 2.05) is 4.90 Å². The summed E-state index contributed by atoms with van der Waals surface area (Å²) in [5.74, 6) is 0. The predicted octanol–water partition coefficient (Wildman–Crippen LogP) is 0.116. The molecule has 4 bridgehead atoms. The number of nitrogens with zero attached hydrogens (tertiary/aromatic N) is 3. The SMILES string of the molecule is O=[N+]([O-])C12CC3C(Cl)C([N+](=O)[O-])(CN3C1)C2. The fraction of sp³-hybridized carbons (Fsp3) is 1.00. The highest BCUT2D eigenvalue weighted by atomic mass is 35.5. The highest BCUT2D eigenvalue weighted by molar-refractivity contribution is 6.22. The Morgan fingerprint density at radius 1 is 1.25 bits per heavy atom. The first kappa shape index (κ1) is 10.2. The summed E-state index contributed by atoms with van der Waals surface area (Å²) in [6.45, 7) is 0.567. The van der Waals surface area contributed by atoms with E-state index in [1.54, 1.807) is 0 Å². The van der Waals surface area contributed by atoms with Crippen LogP contribution in [0, 0.1) is 20.2 Å². The third-order valence-corrected chi connectivity index (χ3v) is 4.97. The van der Waals surface area contributed by atoms with Crippen LogP contribution < -0.4 is 0 Å². The molecule has 0 amide bonds. The van der Waals surface area contributed by atoms with Crippen molar-refractivity contribution in [2.24, 2.45) is 0 Å². The second-order valence-electron chi connectivity index (χ2n) is 5.10. The van der Waals surface area contributed by atoms with E-state index in [0.29, 0.717) is 13.0 Å². The van der Waals surface area contributed by atoms with Gasteiger partial charge in [0, 0.05) is 22.3 Å². The van der Waals surface area contributed by atoms with Crippen molar-refractivity contribution in [1.82, 2.24) is 4.90 Å². The summed E-state index contributed by atoms with van der Waals surface area (Å²) in [4.78, 5) is 23.3. The zero-order valence-corrected chi connectivity index (χ0v) is 9.09. The normalized spacial score (nSPS) is 53.2. The Kier molecular flexibility index (Phi) is 1.69. The molecule has 3 heterocycles. The van der Waals surface area contributed by atoms with Crippen LogP contribution in [-0.4, -0.2) is 50.3 Å². The van der Waals surface area contributed by atoms with Gasteiger partial charge in [0.25, 0.3) is 5.54 Å². The molecule has 4 fully saturated rings. The number of hydrogen-bond donors (Lipinski definition) is 0. The van der Waals surface area contributed by atoms with Crippen LogP contribution in [0.15, 0.2) is 0 Å². The maximum atomic E-state index is 11.1. The molecule has 8 heteroatoms. The van der Waals surface area contributed by atoms with Gasteiger partial charge in [-0.15, -0.1) is 11.6 Å². The largest absolute Gasteiger partial charge is 0.284 e. The van der Waals surface area contributed by atoms with Crippen molar-refractivity contribution in [2.75, 3.05) is 13.1 Å². The lowest BCUT2D eigenvalue weighted by atomic mass is 9.72. The van der Waals surface area contributed by atoms with Gasteiger partial charge in [-0.1, -0.05) is 0 Å². The summed E-state index contributed by atoms with van der Waals surface area (Å²) in [6, 6.07) is -0.203. The smallest absolute Gasteiger partial charge is 0.259 e. The molecule has 5 unspecified atom stereocenters. The molecule has 4 rings (SSSR count). The standard InChI is InChI=1S/C8H10ClN3O4/c9-6-5-1-7(11(13)14)2-8(6,12(15)16)4-10(5)3-7/h5-6H,1-4H2. The van der Waals surface area contributed by atoms with Gasteiger partial charge < -0.3 is 0 Å². The van der Waals surface area contributed by atoms with Gasteiger partial charge in [-0.2, -0.15) is 0 Å². The molecule has 1 saturated carbocycles. The molecule has 0 spiro atoms. The fourth-order valence-electron chi connectivity index (χ4n) is 3.61. The van der Waals surface area contributed by atoms with Crippen molar-refractivity contribution >= 4 is 11.6 Å². The molecule has 5 atom stereocenters. The summed E-state index contributed by atoms with van der Waals surface area (Å²) in [6.07, 6.45) is 0.324. The first-order chi connectivity index (χ1) is 7.41. The van der Waals surface area contributed by atoms with E-state index in [4.69, 9.17) is 11.6 Å². The van der Waals surface area contributed by atoms with E-state index in [1.165, 1.54) is 0 Å². The quantitative estimate of drug-likeness (QED) is 0.393. The van der Waals surface area contributed by atoms with Gasteiger partial charge in [0.1, 0.15) is 5.38 Å².